The number of nitrogens with one attached hydrogen (secondary N) is 2. The van der Waals surface area contributed by atoms with Crippen LogP contribution in [0.25, 0.3) is 0 Å². The van der Waals surface area contributed by atoms with Crippen LogP contribution in [0.1, 0.15) is 12.0 Å². The van der Waals surface area contributed by atoms with Gasteiger partial charge in [-0.1, -0.05) is 39.8 Å². The fourth-order valence-corrected chi connectivity index (χ4v) is 3.43. The lowest BCUT2D eigenvalue weighted by molar-refractivity contribution is -0.122. The normalized spacial score (nSPS) is 18.0. The van der Waals surface area contributed by atoms with E-state index in [2.05, 4.69) is 36.8 Å². The number of hydrogen-bond donors (Lipinski definition) is 3. The molecule has 1 saturated heterocycles. The Labute approximate surface area is 168 Å². The van der Waals surface area contributed by atoms with E-state index in [1.165, 1.54) is 6.21 Å². The largest absolute Gasteiger partial charge is 0.507 e. The van der Waals surface area contributed by atoms with E-state index in [1.807, 2.05) is 12.1 Å². The Morgan fingerprint density at radius 3 is 2.74 bits per heavy atom. The van der Waals surface area contributed by atoms with Gasteiger partial charge in [0.15, 0.2) is 5.17 Å². The molecule has 2 amide bonds. The van der Waals surface area contributed by atoms with E-state index in [-0.39, 0.29) is 24.0 Å². The third-order valence-electron chi connectivity index (χ3n) is 3.56. The van der Waals surface area contributed by atoms with Crippen LogP contribution in [-0.2, 0) is 9.59 Å². The molecule has 27 heavy (non-hydrogen) atoms. The van der Waals surface area contributed by atoms with E-state index in [0.717, 1.165) is 16.2 Å². The molecule has 138 valence electrons. The van der Waals surface area contributed by atoms with E-state index >= 15 is 0 Å². The molecule has 1 aliphatic rings. The summed E-state index contributed by atoms with van der Waals surface area (Å²) in [6.07, 6.45) is 1.41. The lowest BCUT2D eigenvalue weighted by Gasteiger charge is -2.07. The number of thioether (sulfide) groups is 1. The van der Waals surface area contributed by atoms with Crippen LogP contribution >= 0.6 is 27.7 Å². The number of carbonyl (C=O) groups is 2. The van der Waals surface area contributed by atoms with Gasteiger partial charge in [-0.2, -0.15) is 5.10 Å². The van der Waals surface area contributed by atoms with Gasteiger partial charge in [0.25, 0.3) is 0 Å². The second kappa shape index (κ2) is 8.83. The van der Waals surface area contributed by atoms with Crippen LogP contribution in [0.3, 0.4) is 0 Å². The van der Waals surface area contributed by atoms with Gasteiger partial charge < -0.3 is 15.7 Å². The predicted molar refractivity (Wildman–Crippen MR) is 110 cm³/mol. The molecular formula is C18H15BrN4O3S. The number of amides is 2. The highest BCUT2D eigenvalue weighted by molar-refractivity contribution is 9.10. The van der Waals surface area contributed by atoms with Crippen LogP contribution < -0.4 is 10.6 Å². The maximum atomic E-state index is 12.1. The van der Waals surface area contributed by atoms with E-state index in [4.69, 9.17) is 0 Å². The number of halogens is 1. The van der Waals surface area contributed by atoms with E-state index in [9.17, 15) is 14.7 Å². The SMILES string of the molecule is O=C(C[C@@H]1S/C(=N\N=C/c2ccccc2O)NC1=O)Nc1ccc(Br)cc1. The first kappa shape index (κ1) is 19.1. The summed E-state index contributed by atoms with van der Waals surface area (Å²) in [5.41, 5.74) is 1.18. The van der Waals surface area contributed by atoms with Crippen LogP contribution in [0.15, 0.2) is 63.2 Å². The van der Waals surface area contributed by atoms with Crippen molar-refractivity contribution in [3.8, 4) is 5.75 Å². The van der Waals surface area contributed by atoms with Crippen molar-refractivity contribution in [2.45, 2.75) is 11.7 Å². The van der Waals surface area contributed by atoms with Crippen molar-refractivity contribution in [3.63, 3.8) is 0 Å². The number of phenolic OH excluding ortho intramolecular Hbond substituents is 1. The second-order valence-corrected chi connectivity index (χ2v) is 7.67. The highest BCUT2D eigenvalue weighted by Gasteiger charge is 2.32. The smallest absolute Gasteiger partial charge is 0.240 e. The number of anilines is 1. The Morgan fingerprint density at radius 2 is 2.00 bits per heavy atom. The Kier molecular flexibility index (Phi) is 6.25. The van der Waals surface area contributed by atoms with Gasteiger partial charge in [0.05, 0.1) is 6.21 Å². The first-order chi connectivity index (χ1) is 13.0. The summed E-state index contributed by atoms with van der Waals surface area (Å²) in [6.45, 7) is 0. The van der Waals surface area contributed by atoms with E-state index in [1.54, 1.807) is 36.4 Å². The van der Waals surface area contributed by atoms with Gasteiger partial charge in [-0.25, -0.2) is 0 Å². The summed E-state index contributed by atoms with van der Waals surface area (Å²) < 4.78 is 0.913. The number of benzene rings is 2. The molecule has 0 bridgehead atoms. The Balaban J connectivity index is 1.56. The topological polar surface area (TPSA) is 103 Å². The molecule has 0 saturated carbocycles. The van der Waals surface area contributed by atoms with Crippen molar-refractivity contribution in [3.05, 3.63) is 58.6 Å². The van der Waals surface area contributed by atoms with Crippen LogP contribution in [0.4, 0.5) is 5.69 Å². The summed E-state index contributed by atoms with van der Waals surface area (Å²) in [5, 5.41) is 22.5. The zero-order chi connectivity index (χ0) is 19.2. The number of carbonyl (C=O) groups excluding carboxylic acids is 2. The molecular weight excluding hydrogens is 432 g/mol. The molecule has 1 fully saturated rings. The average molecular weight is 447 g/mol. The standard InChI is InChI=1S/C18H15BrN4O3S/c19-12-5-7-13(8-6-12)21-16(25)9-15-17(26)22-18(27-15)23-20-10-11-3-1-2-4-14(11)24/h1-8,10,15,24H,9H2,(H,21,25)(H,22,23,26)/b20-10-/t15-/m0/s1. The summed E-state index contributed by atoms with van der Waals surface area (Å²) in [4.78, 5) is 24.1. The highest BCUT2D eigenvalue weighted by Crippen LogP contribution is 2.23. The molecule has 9 heteroatoms. The Hall–Kier alpha value is -2.65. The zero-order valence-corrected chi connectivity index (χ0v) is 16.3. The molecule has 0 unspecified atom stereocenters. The maximum absolute atomic E-state index is 12.1. The van der Waals surface area contributed by atoms with Crippen molar-refractivity contribution in [1.82, 2.24) is 5.32 Å². The van der Waals surface area contributed by atoms with E-state index < -0.39 is 5.25 Å². The first-order valence-electron chi connectivity index (χ1n) is 7.93. The number of amidine groups is 1. The average Bonchev–Trinajstić information content (AvgIpc) is 2.98. The molecule has 0 radical (unpaired) electrons. The van der Waals surface area contributed by atoms with Gasteiger partial charge in [-0.15, -0.1) is 5.10 Å². The maximum Gasteiger partial charge on any atom is 0.240 e. The van der Waals surface area contributed by atoms with Gasteiger partial charge >= 0.3 is 0 Å². The van der Waals surface area contributed by atoms with Crippen LogP contribution in [-0.4, -0.2) is 33.6 Å². The summed E-state index contributed by atoms with van der Waals surface area (Å²) in [7, 11) is 0. The molecule has 7 nitrogen and oxygen atoms in total. The predicted octanol–water partition coefficient (Wildman–Crippen LogP) is 3.11. The van der Waals surface area contributed by atoms with Gasteiger partial charge in [-0.3, -0.25) is 9.59 Å². The lowest BCUT2D eigenvalue weighted by Crippen LogP contribution is -2.28. The van der Waals surface area contributed by atoms with Crippen molar-refractivity contribution in [2.75, 3.05) is 5.32 Å². The molecule has 2 aromatic carbocycles. The number of phenols is 1. The molecule has 1 heterocycles. The summed E-state index contributed by atoms with van der Waals surface area (Å²) in [5.74, 6) is -0.460. The van der Waals surface area contributed by atoms with Gasteiger partial charge in [0.1, 0.15) is 11.0 Å². The third-order valence-corrected chi connectivity index (χ3v) is 5.16. The van der Waals surface area contributed by atoms with Crippen LogP contribution in [0, 0.1) is 0 Å². The number of aromatic hydroxyl groups is 1. The molecule has 3 rings (SSSR count). The number of nitrogens with zero attached hydrogens (tertiary/aromatic N) is 2. The van der Waals surface area contributed by atoms with Crippen molar-refractivity contribution < 1.29 is 14.7 Å². The highest BCUT2D eigenvalue weighted by atomic mass is 79.9. The Morgan fingerprint density at radius 1 is 1.26 bits per heavy atom. The first-order valence-corrected chi connectivity index (χ1v) is 9.60. The minimum Gasteiger partial charge on any atom is -0.507 e. The molecule has 0 aliphatic carbocycles. The zero-order valence-electron chi connectivity index (χ0n) is 13.9. The monoisotopic (exact) mass is 446 g/mol. The molecule has 1 aliphatic heterocycles. The number of para-hydroxylation sites is 1. The molecule has 0 spiro atoms. The van der Waals surface area contributed by atoms with Crippen LogP contribution in [0.2, 0.25) is 0 Å². The van der Waals surface area contributed by atoms with Crippen molar-refractivity contribution >= 4 is 56.6 Å². The molecule has 1 atom stereocenters. The van der Waals surface area contributed by atoms with Crippen molar-refractivity contribution in [2.24, 2.45) is 10.2 Å². The minimum atomic E-state index is -0.570. The fourth-order valence-electron chi connectivity index (χ4n) is 2.24. The minimum absolute atomic E-state index is 0.0226. The molecule has 0 aromatic heterocycles. The lowest BCUT2D eigenvalue weighted by atomic mass is 10.2. The fraction of sp³-hybridized carbons (Fsp3) is 0.111. The second-order valence-electron chi connectivity index (χ2n) is 5.56. The molecule has 3 N–H and O–H groups in total. The molecule has 2 aromatic rings. The third kappa shape index (κ3) is 5.41. The van der Waals surface area contributed by atoms with Gasteiger partial charge in [0, 0.05) is 22.1 Å². The summed E-state index contributed by atoms with van der Waals surface area (Å²) in [6, 6.07) is 13.9. The van der Waals surface area contributed by atoms with Crippen molar-refractivity contribution in [1.29, 1.82) is 0 Å². The van der Waals surface area contributed by atoms with E-state index in [0.29, 0.717) is 16.4 Å². The Bertz CT molecular complexity index is 915. The number of hydrogen-bond acceptors (Lipinski definition) is 6. The van der Waals surface area contributed by atoms with Crippen LogP contribution in [0.5, 0.6) is 5.75 Å². The summed E-state index contributed by atoms with van der Waals surface area (Å²) >= 11 is 4.47. The van der Waals surface area contributed by atoms with Gasteiger partial charge in [-0.05, 0) is 36.4 Å². The number of rotatable bonds is 5. The quantitative estimate of drug-likeness (QED) is 0.484. The van der Waals surface area contributed by atoms with Gasteiger partial charge in [0.2, 0.25) is 11.8 Å².